The van der Waals surface area contributed by atoms with E-state index in [4.69, 9.17) is 21.9 Å². The quantitative estimate of drug-likeness (QED) is 0.429. The van der Waals surface area contributed by atoms with E-state index in [1.54, 1.807) is 32.3 Å². The predicted octanol–water partition coefficient (Wildman–Crippen LogP) is 2.11. The van der Waals surface area contributed by atoms with Crippen LogP contribution in [0.3, 0.4) is 0 Å². The first-order chi connectivity index (χ1) is 14.9. The molecule has 0 radical (unpaired) electrons. The van der Waals surface area contributed by atoms with Crippen molar-refractivity contribution < 1.29 is 9.13 Å². The molecular weight excluding hydrogens is 397 g/mol. The number of fused-ring (bicyclic) bond motifs is 3. The summed E-state index contributed by atoms with van der Waals surface area (Å²) in [6.07, 6.45) is 2.56. The van der Waals surface area contributed by atoms with Gasteiger partial charge in [0.2, 0.25) is 0 Å². The van der Waals surface area contributed by atoms with Gasteiger partial charge in [-0.2, -0.15) is 5.26 Å². The second kappa shape index (κ2) is 9.28. The number of ether oxygens (including phenoxy) is 1. The number of pyridine rings is 1. The highest BCUT2D eigenvalue weighted by Gasteiger charge is 2.21. The van der Waals surface area contributed by atoms with Gasteiger partial charge in [0, 0.05) is 60.5 Å². The number of halogens is 1. The minimum Gasteiger partial charge on any atom is -0.482 e. The predicted molar refractivity (Wildman–Crippen MR) is 119 cm³/mol. The molecule has 160 valence electrons. The minimum absolute atomic E-state index is 0.0221. The fourth-order valence-electron chi connectivity index (χ4n) is 3.36. The van der Waals surface area contributed by atoms with Gasteiger partial charge in [-0.15, -0.1) is 0 Å². The average Bonchev–Trinajstić information content (AvgIpc) is 2.76. The van der Waals surface area contributed by atoms with Crippen LogP contribution in [0.1, 0.15) is 29.7 Å². The molecule has 2 aromatic rings. The third-order valence-corrected chi connectivity index (χ3v) is 4.94. The number of benzene rings is 1. The van der Waals surface area contributed by atoms with E-state index >= 15 is 0 Å². The summed E-state index contributed by atoms with van der Waals surface area (Å²) < 4.78 is 20.1. The van der Waals surface area contributed by atoms with E-state index in [2.05, 4.69) is 21.4 Å². The van der Waals surface area contributed by atoms with Gasteiger partial charge in [0.15, 0.2) is 11.6 Å². The van der Waals surface area contributed by atoms with E-state index < -0.39 is 11.9 Å². The van der Waals surface area contributed by atoms with E-state index in [1.165, 1.54) is 18.3 Å². The van der Waals surface area contributed by atoms with Crippen molar-refractivity contribution in [1.29, 1.82) is 5.26 Å². The molecule has 0 saturated heterocycles. The minimum atomic E-state index is -0.590. The van der Waals surface area contributed by atoms with Crippen molar-refractivity contribution >= 4 is 23.4 Å². The van der Waals surface area contributed by atoms with Crippen molar-refractivity contribution in [1.82, 2.24) is 10.3 Å². The Morgan fingerprint density at radius 2 is 2.19 bits per heavy atom. The molecule has 0 saturated carbocycles. The number of anilines is 1. The molecule has 1 unspecified atom stereocenters. The highest BCUT2D eigenvalue weighted by Crippen LogP contribution is 2.33. The molecule has 1 aromatic heterocycles. The normalized spacial score (nSPS) is 18.2. The molecule has 0 spiro atoms. The van der Waals surface area contributed by atoms with Crippen molar-refractivity contribution in [3.05, 3.63) is 64.1 Å². The maximum atomic E-state index is 14.1. The summed E-state index contributed by atoms with van der Waals surface area (Å²) in [5, 5.41) is 12.8. The molecule has 0 aliphatic carbocycles. The SMILES string of the molecule is CN=CC1=C(N)c2ccc(F)cc2C(C)Oc2cc(cnc2N)/C(=C(\C#N)CN)NC1. The van der Waals surface area contributed by atoms with E-state index in [1.807, 2.05) is 0 Å². The number of nitrogens with zero attached hydrogens (tertiary/aromatic N) is 3. The molecule has 7 N–H and O–H groups in total. The first-order valence-corrected chi connectivity index (χ1v) is 9.59. The summed E-state index contributed by atoms with van der Waals surface area (Å²) in [6.45, 7) is 2.04. The first-order valence-electron chi connectivity index (χ1n) is 9.59. The average molecular weight is 421 g/mol. The van der Waals surface area contributed by atoms with Gasteiger partial charge in [-0.3, -0.25) is 4.99 Å². The van der Waals surface area contributed by atoms with E-state index in [0.29, 0.717) is 45.0 Å². The maximum absolute atomic E-state index is 14.1. The molecule has 1 aromatic carbocycles. The van der Waals surface area contributed by atoms with E-state index in [-0.39, 0.29) is 18.9 Å². The molecule has 31 heavy (non-hydrogen) atoms. The number of nitriles is 1. The van der Waals surface area contributed by atoms with Gasteiger partial charge in [-0.25, -0.2) is 9.37 Å². The lowest BCUT2D eigenvalue weighted by Crippen LogP contribution is -2.23. The molecule has 0 amide bonds. The number of hydrogen-bond donors (Lipinski definition) is 4. The monoisotopic (exact) mass is 421 g/mol. The summed E-state index contributed by atoms with van der Waals surface area (Å²) in [5.41, 5.74) is 21.9. The van der Waals surface area contributed by atoms with Crippen molar-refractivity contribution in [2.24, 2.45) is 16.5 Å². The first kappa shape index (κ1) is 21.8. The summed E-state index contributed by atoms with van der Waals surface area (Å²) in [6, 6.07) is 8.11. The molecule has 1 aliphatic rings. The maximum Gasteiger partial charge on any atom is 0.166 e. The zero-order valence-electron chi connectivity index (χ0n) is 17.3. The van der Waals surface area contributed by atoms with Crippen LogP contribution in [0, 0.1) is 17.1 Å². The lowest BCUT2D eigenvalue weighted by atomic mass is 9.97. The molecular formula is C22H24FN7O. The second-order valence-electron chi connectivity index (χ2n) is 6.95. The Labute approximate surface area is 179 Å². The van der Waals surface area contributed by atoms with Crippen molar-refractivity contribution in [2.45, 2.75) is 13.0 Å². The lowest BCUT2D eigenvalue weighted by molar-refractivity contribution is 0.226. The van der Waals surface area contributed by atoms with Crippen LogP contribution in [-0.2, 0) is 0 Å². The van der Waals surface area contributed by atoms with Crippen LogP contribution in [0.2, 0.25) is 0 Å². The molecule has 2 bridgehead atoms. The number of nitrogen functional groups attached to an aromatic ring is 1. The molecule has 2 heterocycles. The molecule has 8 nitrogen and oxygen atoms in total. The molecule has 1 atom stereocenters. The van der Waals surface area contributed by atoms with Crippen LogP contribution in [0.15, 0.2) is 46.6 Å². The fraction of sp³-hybridized carbons (Fsp3) is 0.227. The third kappa shape index (κ3) is 4.49. The van der Waals surface area contributed by atoms with Crippen LogP contribution in [0.25, 0.3) is 11.4 Å². The Hall–Kier alpha value is -3.90. The Morgan fingerprint density at radius 1 is 1.42 bits per heavy atom. The zero-order valence-corrected chi connectivity index (χ0v) is 17.3. The molecule has 3 rings (SSSR count). The standard InChI is InChI=1S/C22H24FN7O/c1-12-18-6-16(23)3-4-17(18)20(26)15(9-28-2)11-29-21(14(7-24)8-25)13-5-19(31-12)22(27)30-10-13/h3-6,9-10,12,29H,7,11,24,26H2,1-2H3,(H2,27,30)/b20-15?,21-14+,28-9?. The van der Waals surface area contributed by atoms with Gasteiger partial charge >= 0.3 is 0 Å². The van der Waals surface area contributed by atoms with Crippen LogP contribution in [0.5, 0.6) is 5.75 Å². The van der Waals surface area contributed by atoms with E-state index in [9.17, 15) is 9.65 Å². The fourth-order valence-corrected chi connectivity index (χ4v) is 3.36. The second-order valence-corrected chi connectivity index (χ2v) is 6.95. The zero-order chi connectivity index (χ0) is 22.5. The largest absolute Gasteiger partial charge is 0.482 e. The molecule has 1 aliphatic heterocycles. The van der Waals surface area contributed by atoms with E-state index in [0.717, 1.165) is 0 Å². The smallest absolute Gasteiger partial charge is 0.166 e. The number of nitrogens with one attached hydrogen (secondary N) is 1. The number of nitrogens with two attached hydrogens (primary N) is 3. The van der Waals surface area contributed by atoms with Crippen LogP contribution in [0.4, 0.5) is 10.2 Å². The van der Waals surface area contributed by atoms with Gasteiger partial charge in [-0.1, -0.05) is 0 Å². The number of aromatic nitrogens is 1. The Kier molecular flexibility index (Phi) is 6.52. The van der Waals surface area contributed by atoms with Crippen molar-refractivity contribution in [2.75, 3.05) is 25.9 Å². The van der Waals surface area contributed by atoms with Gasteiger partial charge in [0.25, 0.3) is 0 Å². The number of hydrogen-bond acceptors (Lipinski definition) is 8. The van der Waals surface area contributed by atoms with Gasteiger partial charge < -0.3 is 27.3 Å². The van der Waals surface area contributed by atoms with Gasteiger partial charge in [0.05, 0.1) is 17.3 Å². The van der Waals surface area contributed by atoms with Crippen LogP contribution >= 0.6 is 0 Å². The highest BCUT2D eigenvalue weighted by molar-refractivity contribution is 5.91. The summed E-state index contributed by atoms with van der Waals surface area (Å²) in [4.78, 5) is 8.29. The number of rotatable bonds is 2. The van der Waals surface area contributed by atoms with Gasteiger partial charge in [0.1, 0.15) is 11.9 Å². The highest BCUT2D eigenvalue weighted by atomic mass is 19.1. The topological polar surface area (TPSA) is 148 Å². The Balaban J connectivity index is 2.30. The van der Waals surface area contributed by atoms with Crippen molar-refractivity contribution in [3.8, 4) is 11.8 Å². The lowest BCUT2D eigenvalue weighted by Gasteiger charge is -2.23. The van der Waals surface area contributed by atoms with Crippen LogP contribution < -0.4 is 27.3 Å². The van der Waals surface area contributed by atoms with Crippen molar-refractivity contribution in [3.63, 3.8) is 0 Å². The summed E-state index contributed by atoms with van der Waals surface area (Å²) in [5.74, 6) is 0.0513. The van der Waals surface area contributed by atoms with Crippen LogP contribution in [-0.4, -0.2) is 31.3 Å². The molecule has 0 fully saturated rings. The third-order valence-electron chi connectivity index (χ3n) is 4.94. The molecule has 9 heteroatoms. The number of aliphatic imine (C=N–C) groups is 1. The summed E-state index contributed by atoms with van der Waals surface area (Å²) in [7, 11) is 1.63. The Morgan fingerprint density at radius 3 is 2.87 bits per heavy atom. The Bertz CT molecular complexity index is 1130. The van der Waals surface area contributed by atoms with Gasteiger partial charge in [-0.05, 0) is 31.2 Å². The summed E-state index contributed by atoms with van der Waals surface area (Å²) >= 11 is 0.